The maximum absolute atomic E-state index is 5.41. The summed E-state index contributed by atoms with van der Waals surface area (Å²) in [5, 5.41) is 3.47. The van der Waals surface area contributed by atoms with Gasteiger partial charge in [-0.15, -0.1) is 0 Å². The third-order valence-corrected chi connectivity index (χ3v) is 2.73. The van der Waals surface area contributed by atoms with E-state index in [0.717, 1.165) is 13.0 Å². The normalized spacial score (nSPS) is 13.8. The fourth-order valence-electron chi connectivity index (χ4n) is 1.69. The molecule has 0 amide bonds. The molecule has 1 rings (SSSR count). The number of pyridine rings is 1. The number of hydrogen-bond acceptors (Lipinski definition) is 3. The molecule has 0 spiro atoms. The standard InChI is InChI=1S/C13H22N2O/c1-11(8-13(2,3)16-4)15-10-12-6-5-7-14-9-12/h5-7,9,11,15H,8,10H2,1-4H3/t11-/m1/s1. The lowest BCUT2D eigenvalue weighted by Gasteiger charge is -2.27. The summed E-state index contributed by atoms with van der Waals surface area (Å²) < 4.78 is 5.41. The minimum atomic E-state index is -0.0681. The van der Waals surface area contributed by atoms with E-state index in [0.29, 0.717) is 6.04 Å². The van der Waals surface area contributed by atoms with Crippen LogP contribution in [-0.4, -0.2) is 23.7 Å². The molecule has 90 valence electrons. The number of rotatable bonds is 6. The van der Waals surface area contributed by atoms with Crippen LogP contribution in [0.1, 0.15) is 32.8 Å². The zero-order valence-corrected chi connectivity index (χ0v) is 10.7. The zero-order valence-electron chi connectivity index (χ0n) is 10.7. The molecule has 16 heavy (non-hydrogen) atoms. The number of aromatic nitrogens is 1. The van der Waals surface area contributed by atoms with E-state index in [-0.39, 0.29) is 5.60 Å². The minimum absolute atomic E-state index is 0.0681. The highest BCUT2D eigenvalue weighted by Crippen LogP contribution is 2.15. The van der Waals surface area contributed by atoms with Crippen molar-refractivity contribution < 1.29 is 4.74 Å². The molecule has 1 aromatic heterocycles. The molecule has 0 unspecified atom stereocenters. The highest BCUT2D eigenvalue weighted by Gasteiger charge is 2.19. The molecule has 0 bridgehead atoms. The van der Waals surface area contributed by atoms with E-state index in [4.69, 9.17) is 4.74 Å². The average Bonchev–Trinajstić information content (AvgIpc) is 2.27. The van der Waals surface area contributed by atoms with Gasteiger partial charge in [0, 0.05) is 32.1 Å². The molecular weight excluding hydrogens is 200 g/mol. The van der Waals surface area contributed by atoms with Crippen LogP contribution < -0.4 is 5.32 Å². The van der Waals surface area contributed by atoms with Crippen molar-refractivity contribution in [3.63, 3.8) is 0 Å². The van der Waals surface area contributed by atoms with Crippen molar-refractivity contribution >= 4 is 0 Å². The van der Waals surface area contributed by atoms with Crippen molar-refractivity contribution in [2.24, 2.45) is 0 Å². The average molecular weight is 222 g/mol. The van der Waals surface area contributed by atoms with Crippen LogP contribution in [0.25, 0.3) is 0 Å². The first-order valence-corrected chi connectivity index (χ1v) is 5.71. The topological polar surface area (TPSA) is 34.1 Å². The van der Waals surface area contributed by atoms with Crippen LogP contribution in [0.15, 0.2) is 24.5 Å². The molecule has 0 saturated heterocycles. The van der Waals surface area contributed by atoms with Crippen molar-refractivity contribution in [3.8, 4) is 0 Å². The number of ether oxygens (including phenoxy) is 1. The molecule has 0 saturated carbocycles. The van der Waals surface area contributed by atoms with Gasteiger partial charge in [-0.1, -0.05) is 6.07 Å². The van der Waals surface area contributed by atoms with Gasteiger partial charge >= 0.3 is 0 Å². The number of methoxy groups -OCH3 is 1. The van der Waals surface area contributed by atoms with Gasteiger partial charge in [-0.25, -0.2) is 0 Å². The second-order valence-electron chi connectivity index (χ2n) is 4.81. The van der Waals surface area contributed by atoms with Crippen LogP contribution in [0, 0.1) is 0 Å². The lowest BCUT2D eigenvalue weighted by molar-refractivity contribution is 0.00844. The Morgan fingerprint density at radius 1 is 1.50 bits per heavy atom. The third kappa shape index (κ3) is 4.73. The van der Waals surface area contributed by atoms with Gasteiger partial charge in [-0.3, -0.25) is 4.98 Å². The second-order valence-corrected chi connectivity index (χ2v) is 4.81. The maximum Gasteiger partial charge on any atom is 0.0637 e. The highest BCUT2D eigenvalue weighted by atomic mass is 16.5. The Balaban J connectivity index is 2.33. The van der Waals surface area contributed by atoms with Crippen LogP contribution >= 0.6 is 0 Å². The van der Waals surface area contributed by atoms with Crippen LogP contribution in [-0.2, 0) is 11.3 Å². The van der Waals surface area contributed by atoms with E-state index in [1.54, 1.807) is 13.3 Å². The molecule has 0 aromatic carbocycles. The maximum atomic E-state index is 5.41. The molecule has 1 atom stereocenters. The Bertz CT molecular complexity index is 298. The predicted octanol–water partition coefficient (Wildman–Crippen LogP) is 2.37. The van der Waals surface area contributed by atoms with Crippen LogP contribution in [0.3, 0.4) is 0 Å². The molecule has 1 heterocycles. The predicted molar refractivity (Wildman–Crippen MR) is 66.2 cm³/mol. The molecule has 0 aliphatic heterocycles. The van der Waals surface area contributed by atoms with Crippen LogP contribution in [0.4, 0.5) is 0 Å². The number of nitrogens with one attached hydrogen (secondary N) is 1. The Morgan fingerprint density at radius 2 is 2.25 bits per heavy atom. The molecule has 3 nitrogen and oxygen atoms in total. The first-order chi connectivity index (χ1) is 7.53. The molecule has 0 aliphatic rings. The quantitative estimate of drug-likeness (QED) is 0.802. The summed E-state index contributed by atoms with van der Waals surface area (Å²) in [7, 11) is 1.76. The molecule has 1 aromatic rings. The lowest BCUT2D eigenvalue weighted by atomic mass is 10.00. The summed E-state index contributed by atoms with van der Waals surface area (Å²) in [6.45, 7) is 7.25. The summed E-state index contributed by atoms with van der Waals surface area (Å²) in [5.74, 6) is 0. The van der Waals surface area contributed by atoms with E-state index in [1.807, 2.05) is 12.3 Å². The van der Waals surface area contributed by atoms with E-state index in [2.05, 4.69) is 37.1 Å². The van der Waals surface area contributed by atoms with Gasteiger partial charge < -0.3 is 10.1 Å². The third-order valence-electron chi connectivity index (χ3n) is 2.73. The van der Waals surface area contributed by atoms with Gasteiger partial charge in [0.1, 0.15) is 0 Å². The van der Waals surface area contributed by atoms with E-state index in [9.17, 15) is 0 Å². The minimum Gasteiger partial charge on any atom is -0.379 e. The number of hydrogen-bond donors (Lipinski definition) is 1. The van der Waals surface area contributed by atoms with Crippen molar-refractivity contribution in [3.05, 3.63) is 30.1 Å². The first-order valence-electron chi connectivity index (χ1n) is 5.71. The zero-order chi connectivity index (χ0) is 12.0. The summed E-state index contributed by atoms with van der Waals surface area (Å²) in [6.07, 6.45) is 4.67. The van der Waals surface area contributed by atoms with Gasteiger partial charge in [0.2, 0.25) is 0 Å². The van der Waals surface area contributed by atoms with Crippen molar-refractivity contribution in [1.29, 1.82) is 0 Å². The molecular formula is C13H22N2O. The Morgan fingerprint density at radius 3 is 2.81 bits per heavy atom. The Hall–Kier alpha value is -0.930. The van der Waals surface area contributed by atoms with E-state index in [1.165, 1.54) is 5.56 Å². The molecule has 0 aliphatic carbocycles. The first kappa shape index (κ1) is 13.1. The van der Waals surface area contributed by atoms with Crippen molar-refractivity contribution in [2.75, 3.05) is 7.11 Å². The summed E-state index contributed by atoms with van der Waals surface area (Å²) in [6, 6.07) is 4.46. The summed E-state index contributed by atoms with van der Waals surface area (Å²) in [5.41, 5.74) is 1.14. The summed E-state index contributed by atoms with van der Waals surface area (Å²) in [4.78, 5) is 4.09. The fraction of sp³-hybridized carbons (Fsp3) is 0.615. The second kappa shape index (κ2) is 5.97. The molecule has 3 heteroatoms. The van der Waals surface area contributed by atoms with Gasteiger partial charge in [0.15, 0.2) is 0 Å². The van der Waals surface area contributed by atoms with Gasteiger partial charge in [0.05, 0.1) is 5.60 Å². The van der Waals surface area contributed by atoms with Gasteiger partial charge in [-0.05, 0) is 38.8 Å². The fourth-order valence-corrected chi connectivity index (χ4v) is 1.69. The van der Waals surface area contributed by atoms with Gasteiger partial charge in [0.25, 0.3) is 0 Å². The van der Waals surface area contributed by atoms with Crippen LogP contribution in [0.2, 0.25) is 0 Å². The Kier molecular flexibility index (Phi) is 4.90. The van der Waals surface area contributed by atoms with Crippen molar-refractivity contribution in [1.82, 2.24) is 10.3 Å². The van der Waals surface area contributed by atoms with E-state index >= 15 is 0 Å². The largest absolute Gasteiger partial charge is 0.379 e. The monoisotopic (exact) mass is 222 g/mol. The molecule has 0 radical (unpaired) electrons. The SMILES string of the molecule is COC(C)(C)C[C@@H](C)NCc1cccnc1. The van der Waals surface area contributed by atoms with E-state index < -0.39 is 0 Å². The Labute approximate surface area is 98.2 Å². The molecule has 0 fully saturated rings. The van der Waals surface area contributed by atoms with Gasteiger partial charge in [-0.2, -0.15) is 0 Å². The van der Waals surface area contributed by atoms with Crippen LogP contribution in [0.5, 0.6) is 0 Å². The lowest BCUT2D eigenvalue weighted by Crippen LogP contribution is -2.35. The number of nitrogens with zero attached hydrogens (tertiary/aromatic N) is 1. The van der Waals surface area contributed by atoms with Crippen molar-refractivity contribution in [2.45, 2.75) is 45.4 Å². The summed E-state index contributed by atoms with van der Waals surface area (Å²) >= 11 is 0. The smallest absolute Gasteiger partial charge is 0.0637 e. The molecule has 1 N–H and O–H groups in total. The highest BCUT2D eigenvalue weighted by molar-refractivity contribution is 5.07.